The second-order valence-corrected chi connectivity index (χ2v) is 2.28. The summed E-state index contributed by atoms with van der Waals surface area (Å²) in [6, 6.07) is 6.15. The Labute approximate surface area is 78.1 Å². The van der Waals surface area contributed by atoms with E-state index in [2.05, 4.69) is 30.3 Å². The van der Waals surface area contributed by atoms with Gasteiger partial charge in [-0.3, -0.25) is 0 Å². The van der Waals surface area contributed by atoms with Gasteiger partial charge in [0.25, 0.3) is 0 Å². The molecule has 0 saturated carbocycles. The summed E-state index contributed by atoms with van der Waals surface area (Å²) in [5, 5.41) is 0. The van der Waals surface area contributed by atoms with Crippen molar-refractivity contribution < 1.29 is 21.5 Å². The molecule has 0 radical (unpaired) electrons. The lowest BCUT2D eigenvalue weighted by Crippen LogP contribution is -3.00. The van der Waals surface area contributed by atoms with Crippen LogP contribution >= 0.6 is 0 Å². The first-order chi connectivity index (χ1) is 4.84. The molecule has 0 bridgehead atoms. The molecule has 0 unspecified atom stereocenters. The molecule has 0 aliphatic rings. The third-order valence-electron chi connectivity index (χ3n) is 1.49. The predicted molar refractivity (Wildman–Crippen MR) is 41.6 cm³/mol. The highest BCUT2D eigenvalue weighted by atomic mass is 79.9. The molecule has 1 rings (SSSR count). The molecule has 0 N–H and O–H groups in total. The molecule has 1 aromatic rings. The standard InChI is InChI=1S/C9H12N.BrH/c1-3-7-10-8-5-4-6-9(10)2;/h3-6,8H,1,7H2,2H3;1H/q+1;/p-1. The number of nitrogens with zero attached hydrogens (tertiary/aromatic N) is 1. The van der Waals surface area contributed by atoms with Crippen LogP contribution in [0, 0.1) is 6.92 Å². The highest BCUT2D eigenvalue weighted by Crippen LogP contribution is 1.86. The fourth-order valence-corrected chi connectivity index (χ4v) is 0.906. The van der Waals surface area contributed by atoms with Crippen LogP contribution in [0.2, 0.25) is 0 Å². The molecule has 0 amide bonds. The van der Waals surface area contributed by atoms with E-state index in [1.807, 2.05) is 18.2 Å². The maximum Gasteiger partial charge on any atom is 0.178 e. The van der Waals surface area contributed by atoms with E-state index in [9.17, 15) is 0 Å². The Morgan fingerprint density at radius 2 is 2.27 bits per heavy atom. The number of aryl methyl sites for hydroxylation is 1. The van der Waals surface area contributed by atoms with E-state index in [0.29, 0.717) is 0 Å². The molecule has 0 fully saturated rings. The number of allylic oxidation sites excluding steroid dienone is 1. The lowest BCUT2D eigenvalue weighted by atomic mass is 10.3. The number of aromatic nitrogens is 1. The van der Waals surface area contributed by atoms with Crippen LogP contribution < -0.4 is 21.5 Å². The molecule has 0 saturated heterocycles. The van der Waals surface area contributed by atoms with E-state index < -0.39 is 0 Å². The monoisotopic (exact) mass is 213 g/mol. The van der Waals surface area contributed by atoms with E-state index in [-0.39, 0.29) is 17.0 Å². The van der Waals surface area contributed by atoms with Gasteiger partial charge in [-0.2, -0.15) is 4.57 Å². The fourth-order valence-electron chi connectivity index (χ4n) is 0.906. The predicted octanol–water partition coefficient (Wildman–Crippen LogP) is -1.53. The lowest BCUT2D eigenvalue weighted by Gasteiger charge is -1.93. The molecule has 11 heavy (non-hydrogen) atoms. The summed E-state index contributed by atoms with van der Waals surface area (Å²) in [7, 11) is 0. The van der Waals surface area contributed by atoms with Gasteiger partial charge in [0.05, 0.1) is 0 Å². The first-order valence-corrected chi connectivity index (χ1v) is 3.40. The number of rotatable bonds is 2. The smallest absolute Gasteiger partial charge is 0.178 e. The Balaban J connectivity index is 0.000001000. The molecule has 1 nitrogen and oxygen atoms in total. The molecule has 1 heterocycles. The zero-order valence-electron chi connectivity index (χ0n) is 6.63. The largest absolute Gasteiger partial charge is 1.00 e. The van der Waals surface area contributed by atoms with Crippen LogP contribution in [0.5, 0.6) is 0 Å². The van der Waals surface area contributed by atoms with Gasteiger partial charge in [-0.05, 0) is 6.08 Å². The Morgan fingerprint density at radius 1 is 1.55 bits per heavy atom. The number of hydrogen-bond acceptors (Lipinski definition) is 0. The third kappa shape index (κ3) is 2.85. The maximum atomic E-state index is 3.68. The summed E-state index contributed by atoms with van der Waals surface area (Å²) in [5.41, 5.74) is 1.27. The minimum absolute atomic E-state index is 0. The molecule has 2 heteroatoms. The SMILES string of the molecule is C=CC[n+]1ccccc1C.[Br-]. The van der Waals surface area contributed by atoms with Gasteiger partial charge in [-0.1, -0.05) is 12.6 Å². The molecule has 0 spiro atoms. The molecule has 0 aromatic carbocycles. The zero-order chi connectivity index (χ0) is 7.40. The minimum atomic E-state index is 0. The summed E-state index contributed by atoms with van der Waals surface area (Å²) < 4.78 is 2.15. The van der Waals surface area contributed by atoms with Gasteiger partial charge < -0.3 is 17.0 Å². The van der Waals surface area contributed by atoms with Crippen LogP contribution in [0.1, 0.15) is 5.69 Å². The summed E-state index contributed by atoms with van der Waals surface area (Å²) in [5.74, 6) is 0. The number of halogens is 1. The van der Waals surface area contributed by atoms with E-state index in [1.165, 1.54) is 5.69 Å². The molecule has 0 aliphatic carbocycles. The average molecular weight is 214 g/mol. The lowest BCUT2D eigenvalue weighted by molar-refractivity contribution is -0.692. The van der Waals surface area contributed by atoms with Gasteiger partial charge in [0, 0.05) is 19.1 Å². The van der Waals surface area contributed by atoms with Crippen LogP contribution in [0.3, 0.4) is 0 Å². The van der Waals surface area contributed by atoms with E-state index in [4.69, 9.17) is 0 Å². The second-order valence-electron chi connectivity index (χ2n) is 2.28. The maximum absolute atomic E-state index is 3.68. The molecule has 1 aromatic heterocycles. The van der Waals surface area contributed by atoms with E-state index in [0.717, 1.165) is 6.54 Å². The van der Waals surface area contributed by atoms with Gasteiger partial charge in [0.1, 0.15) is 0 Å². The minimum Gasteiger partial charge on any atom is -1.00 e. The van der Waals surface area contributed by atoms with Crippen LogP contribution in [0.15, 0.2) is 37.1 Å². The fraction of sp³-hybridized carbons (Fsp3) is 0.222. The Hall–Kier alpha value is -0.630. The van der Waals surface area contributed by atoms with E-state index >= 15 is 0 Å². The third-order valence-corrected chi connectivity index (χ3v) is 1.49. The molecule has 0 atom stereocenters. The van der Waals surface area contributed by atoms with Gasteiger partial charge in [0.2, 0.25) is 0 Å². The number of pyridine rings is 1. The molecule has 0 aliphatic heterocycles. The van der Waals surface area contributed by atoms with Crippen molar-refractivity contribution in [3.05, 3.63) is 42.7 Å². The van der Waals surface area contributed by atoms with Crippen molar-refractivity contribution in [2.24, 2.45) is 0 Å². The molecular weight excluding hydrogens is 202 g/mol. The van der Waals surface area contributed by atoms with Crippen LogP contribution in [-0.4, -0.2) is 0 Å². The van der Waals surface area contributed by atoms with Gasteiger partial charge >= 0.3 is 0 Å². The molecule has 60 valence electrons. The van der Waals surface area contributed by atoms with E-state index in [1.54, 1.807) is 0 Å². The van der Waals surface area contributed by atoms with Crippen molar-refractivity contribution in [1.29, 1.82) is 0 Å². The summed E-state index contributed by atoms with van der Waals surface area (Å²) in [6.45, 7) is 6.66. The van der Waals surface area contributed by atoms with Crippen molar-refractivity contribution in [2.45, 2.75) is 13.5 Å². The Morgan fingerprint density at radius 3 is 2.82 bits per heavy atom. The Kier molecular flexibility index (Phi) is 4.79. The van der Waals surface area contributed by atoms with Gasteiger partial charge in [-0.15, -0.1) is 0 Å². The van der Waals surface area contributed by atoms with Crippen molar-refractivity contribution in [2.75, 3.05) is 0 Å². The summed E-state index contributed by atoms with van der Waals surface area (Å²) >= 11 is 0. The Bertz CT molecular complexity index is 233. The van der Waals surface area contributed by atoms with Gasteiger partial charge in [0.15, 0.2) is 18.4 Å². The van der Waals surface area contributed by atoms with Crippen molar-refractivity contribution in [3.63, 3.8) is 0 Å². The average Bonchev–Trinajstić information content (AvgIpc) is 1.94. The number of hydrogen-bond donors (Lipinski definition) is 0. The van der Waals surface area contributed by atoms with Crippen molar-refractivity contribution >= 4 is 0 Å². The normalized spacial score (nSPS) is 8.45. The second kappa shape index (κ2) is 5.08. The summed E-state index contributed by atoms with van der Waals surface area (Å²) in [6.07, 6.45) is 3.95. The first kappa shape index (κ1) is 10.4. The highest BCUT2D eigenvalue weighted by molar-refractivity contribution is 4.94. The molecular formula is C9H12BrN. The van der Waals surface area contributed by atoms with Crippen LogP contribution in [0.4, 0.5) is 0 Å². The van der Waals surface area contributed by atoms with Gasteiger partial charge in [-0.25, -0.2) is 0 Å². The van der Waals surface area contributed by atoms with Crippen LogP contribution in [-0.2, 0) is 6.54 Å². The summed E-state index contributed by atoms with van der Waals surface area (Å²) in [4.78, 5) is 0. The quantitative estimate of drug-likeness (QED) is 0.415. The first-order valence-electron chi connectivity index (χ1n) is 3.40. The van der Waals surface area contributed by atoms with Crippen LogP contribution in [0.25, 0.3) is 0 Å². The topological polar surface area (TPSA) is 3.88 Å². The highest BCUT2D eigenvalue weighted by Gasteiger charge is 1.98. The van der Waals surface area contributed by atoms with Crippen molar-refractivity contribution in [1.82, 2.24) is 0 Å². The zero-order valence-corrected chi connectivity index (χ0v) is 8.21. The van der Waals surface area contributed by atoms with Crippen molar-refractivity contribution in [3.8, 4) is 0 Å².